The molecule has 1 aliphatic carbocycles. The molecule has 0 radical (unpaired) electrons. The summed E-state index contributed by atoms with van der Waals surface area (Å²) in [6, 6.07) is 5.58. The van der Waals surface area contributed by atoms with Gasteiger partial charge < -0.3 is 19.4 Å². The fourth-order valence-corrected chi connectivity index (χ4v) is 4.11. The monoisotopic (exact) mass is 491 g/mol. The molecule has 0 spiro atoms. The van der Waals surface area contributed by atoms with Crippen molar-refractivity contribution in [1.82, 2.24) is 14.7 Å². The van der Waals surface area contributed by atoms with Crippen LogP contribution in [0.4, 0.5) is 4.79 Å². The molecular formula is C25H34ClN3O5. The van der Waals surface area contributed by atoms with Gasteiger partial charge in [-0.05, 0) is 50.8 Å². The highest BCUT2D eigenvalue weighted by molar-refractivity contribution is 6.31. The Bertz CT molecular complexity index is 970. The number of hydrogen-bond donors (Lipinski definition) is 0. The highest BCUT2D eigenvalue weighted by Crippen LogP contribution is 2.32. The van der Waals surface area contributed by atoms with Gasteiger partial charge >= 0.3 is 6.09 Å². The first-order valence-corrected chi connectivity index (χ1v) is 12.0. The number of likely N-dealkylation sites (tertiary alicyclic amines) is 1. The number of hydrogen-bond acceptors (Lipinski definition) is 5. The molecule has 1 aromatic carbocycles. The van der Waals surface area contributed by atoms with Crippen molar-refractivity contribution in [3.05, 3.63) is 34.3 Å². The molecule has 2 fully saturated rings. The maximum absolute atomic E-state index is 13.5. The van der Waals surface area contributed by atoms with Gasteiger partial charge in [-0.3, -0.25) is 14.4 Å². The van der Waals surface area contributed by atoms with Crippen LogP contribution in [0.2, 0.25) is 5.02 Å². The van der Waals surface area contributed by atoms with Crippen LogP contribution in [-0.2, 0) is 32.2 Å². The number of benzene rings is 1. The zero-order valence-electron chi connectivity index (χ0n) is 20.6. The summed E-state index contributed by atoms with van der Waals surface area (Å²) < 4.78 is 5.44. The van der Waals surface area contributed by atoms with Gasteiger partial charge in [0.2, 0.25) is 11.8 Å². The quantitative estimate of drug-likeness (QED) is 0.567. The maximum Gasteiger partial charge on any atom is 0.410 e. The molecule has 1 heterocycles. The number of halogens is 1. The van der Waals surface area contributed by atoms with Gasteiger partial charge in [0, 0.05) is 57.6 Å². The Morgan fingerprint density at radius 2 is 1.85 bits per heavy atom. The molecule has 186 valence electrons. The number of ether oxygens (including phenoxy) is 1. The number of ketones is 1. The first kappa shape index (κ1) is 26.0. The van der Waals surface area contributed by atoms with Crippen LogP contribution >= 0.6 is 11.6 Å². The molecule has 1 aromatic rings. The minimum atomic E-state index is -0.910. The summed E-state index contributed by atoms with van der Waals surface area (Å²) in [6.07, 6.45) is 1.35. The first-order valence-electron chi connectivity index (χ1n) is 11.7. The molecule has 1 saturated heterocycles. The highest BCUT2D eigenvalue weighted by Gasteiger charge is 2.42. The van der Waals surface area contributed by atoms with Crippen LogP contribution in [0.15, 0.2) is 18.2 Å². The Morgan fingerprint density at radius 3 is 2.44 bits per heavy atom. The topological polar surface area (TPSA) is 87.2 Å². The summed E-state index contributed by atoms with van der Waals surface area (Å²) in [5, 5.41) is 0.526. The van der Waals surface area contributed by atoms with E-state index in [2.05, 4.69) is 0 Å². The lowest BCUT2D eigenvalue weighted by atomic mass is 9.94. The second-order valence-electron chi connectivity index (χ2n) is 10.2. The number of Topliss-reactive ketones (excluding diaryl/α,β-unsaturated/α-hetero) is 1. The fraction of sp³-hybridized carbons (Fsp3) is 0.600. The summed E-state index contributed by atoms with van der Waals surface area (Å²) in [6.45, 7) is 7.83. The molecule has 34 heavy (non-hydrogen) atoms. The maximum atomic E-state index is 13.5. The van der Waals surface area contributed by atoms with Gasteiger partial charge in [-0.15, -0.1) is 0 Å². The Morgan fingerprint density at radius 1 is 1.18 bits per heavy atom. The van der Waals surface area contributed by atoms with E-state index in [1.165, 1.54) is 11.8 Å². The fourth-order valence-electron chi connectivity index (χ4n) is 3.93. The zero-order valence-corrected chi connectivity index (χ0v) is 21.4. The molecule has 9 heteroatoms. The van der Waals surface area contributed by atoms with Crippen LogP contribution in [0.3, 0.4) is 0 Å². The SMILES string of the molecule is CC(=O)N(C)Cc1ccc(Cl)c(CN(C(=O)C2CN(C(=O)OC(C)(C)C)CCC2=O)C2CC2)c1. The molecule has 1 saturated carbocycles. The summed E-state index contributed by atoms with van der Waals surface area (Å²) in [5.41, 5.74) is 1.02. The first-order chi connectivity index (χ1) is 15.9. The van der Waals surface area contributed by atoms with Crippen molar-refractivity contribution in [3.8, 4) is 0 Å². The Hall–Kier alpha value is -2.61. The van der Waals surface area contributed by atoms with Crippen molar-refractivity contribution >= 4 is 35.3 Å². The van der Waals surface area contributed by atoms with E-state index in [-0.39, 0.29) is 49.7 Å². The molecule has 1 atom stereocenters. The molecule has 2 aliphatic rings. The number of piperidine rings is 1. The van der Waals surface area contributed by atoms with Crippen molar-refractivity contribution in [2.45, 2.75) is 71.7 Å². The van der Waals surface area contributed by atoms with E-state index in [0.29, 0.717) is 11.6 Å². The van der Waals surface area contributed by atoms with Gasteiger partial charge in [0.05, 0.1) is 0 Å². The normalized spacial score (nSPS) is 18.5. The number of nitrogens with zero attached hydrogens (tertiary/aromatic N) is 3. The van der Waals surface area contributed by atoms with E-state index < -0.39 is 17.6 Å². The van der Waals surface area contributed by atoms with Gasteiger partial charge in [-0.2, -0.15) is 0 Å². The largest absolute Gasteiger partial charge is 0.444 e. The number of amides is 3. The molecule has 0 bridgehead atoms. The van der Waals surface area contributed by atoms with E-state index in [1.807, 2.05) is 12.1 Å². The van der Waals surface area contributed by atoms with Crippen LogP contribution < -0.4 is 0 Å². The summed E-state index contributed by atoms with van der Waals surface area (Å²) in [4.78, 5) is 55.2. The van der Waals surface area contributed by atoms with E-state index >= 15 is 0 Å². The molecule has 0 N–H and O–H groups in total. The number of carbonyl (C=O) groups is 4. The standard InChI is InChI=1S/C25H34ClN3O5/c1-16(30)27(5)13-17-6-9-21(26)18(12-17)14-29(19-7-8-19)23(32)20-15-28(11-10-22(20)31)24(33)34-25(2,3)4/h6,9,12,19-20H,7-8,10-11,13-15H2,1-5H3. The zero-order chi connectivity index (χ0) is 25.2. The van der Waals surface area contributed by atoms with Gasteiger partial charge in [0.1, 0.15) is 17.3 Å². The third kappa shape index (κ3) is 6.72. The van der Waals surface area contributed by atoms with E-state index in [4.69, 9.17) is 16.3 Å². The molecule has 1 aliphatic heterocycles. The van der Waals surface area contributed by atoms with Gasteiger partial charge in [0.25, 0.3) is 0 Å². The number of carbonyl (C=O) groups excluding carboxylic acids is 4. The molecule has 1 unspecified atom stereocenters. The predicted molar refractivity (Wildman–Crippen MR) is 128 cm³/mol. The lowest BCUT2D eigenvalue weighted by molar-refractivity contribution is -0.144. The average Bonchev–Trinajstić information content (AvgIpc) is 3.57. The van der Waals surface area contributed by atoms with Crippen LogP contribution in [-0.4, -0.2) is 70.2 Å². The molecular weight excluding hydrogens is 458 g/mol. The average molecular weight is 492 g/mol. The highest BCUT2D eigenvalue weighted by atomic mass is 35.5. The minimum absolute atomic E-state index is 0.0208. The van der Waals surface area contributed by atoms with E-state index in [9.17, 15) is 19.2 Å². The lowest BCUT2D eigenvalue weighted by Gasteiger charge is -2.35. The van der Waals surface area contributed by atoms with Crippen LogP contribution in [0, 0.1) is 5.92 Å². The second-order valence-corrected chi connectivity index (χ2v) is 10.6. The van der Waals surface area contributed by atoms with Gasteiger partial charge in [-0.25, -0.2) is 4.79 Å². The van der Waals surface area contributed by atoms with Gasteiger partial charge in [-0.1, -0.05) is 23.7 Å². The minimum Gasteiger partial charge on any atom is -0.444 e. The summed E-state index contributed by atoms with van der Waals surface area (Å²) in [7, 11) is 1.72. The van der Waals surface area contributed by atoms with Crippen LogP contribution in [0.5, 0.6) is 0 Å². The van der Waals surface area contributed by atoms with Crippen LogP contribution in [0.25, 0.3) is 0 Å². The predicted octanol–water partition coefficient (Wildman–Crippen LogP) is 3.64. The number of rotatable bonds is 6. The van der Waals surface area contributed by atoms with E-state index in [1.54, 1.807) is 43.7 Å². The van der Waals surface area contributed by atoms with Crippen molar-refractivity contribution in [2.75, 3.05) is 20.1 Å². The van der Waals surface area contributed by atoms with E-state index in [0.717, 1.165) is 24.0 Å². The van der Waals surface area contributed by atoms with Crippen molar-refractivity contribution in [2.24, 2.45) is 5.92 Å². The van der Waals surface area contributed by atoms with Crippen molar-refractivity contribution < 1.29 is 23.9 Å². The summed E-state index contributed by atoms with van der Waals surface area (Å²) >= 11 is 6.45. The molecule has 0 aromatic heterocycles. The lowest BCUT2D eigenvalue weighted by Crippen LogP contribution is -2.52. The van der Waals surface area contributed by atoms with Crippen molar-refractivity contribution in [1.29, 1.82) is 0 Å². The summed E-state index contributed by atoms with van der Waals surface area (Å²) in [5.74, 6) is -1.38. The Balaban J connectivity index is 1.76. The third-order valence-electron chi connectivity index (χ3n) is 6.05. The molecule has 8 nitrogen and oxygen atoms in total. The Labute approximate surface area is 206 Å². The smallest absolute Gasteiger partial charge is 0.410 e. The Kier molecular flexibility index (Phi) is 7.91. The second kappa shape index (κ2) is 10.3. The van der Waals surface area contributed by atoms with Gasteiger partial charge in [0.15, 0.2) is 0 Å². The molecule has 3 amide bonds. The van der Waals surface area contributed by atoms with Crippen molar-refractivity contribution in [3.63, 3.8) is 0 Å². The third-order valence-corrected chi connectivity index (χ3v) is 6.42. The van der Waals surface area contributed by atoms with Crippen LogP contribution in [0.1, 0.15) is 58.1 Å². The molecule has 3 rings (SSSR count).